The standard InChI is InChI=1S/C23H16FN5OS/c24-17-7-3-15(4-8-17)14-22(30)25-18-9-5-16(6-10-18)19-11-12-21-26-27-23(29(21)28-19)20-2-1-13-31-20/h1-13H,14H2,(H,25,30). The summed E-state index contributed by atoms with van der Waals surface area (Å²) in [5, 5.41) is 18.0. The minimum atomic E-state index is -0.319. The molecule has 1 amide bonds. The number of halogens is 1. The quantitative estimate of drug-likeness (QED) is 0.434. The summed E-state index contributed by atoms with van der Waals surface area (Å²) >= 11 is 1.58. The summed E-state index contributed by atoms with van der Waals surface area (Å²) in [6, 6.07) is 21.1. The van der Waals surface area contributed by atoms with Crippen LogP contribution in [0.1, 0.15) is 5.56 Å². The van der Waals surface area contributed by atoms with E-state index >= 15 is 0 Å². The van der Waals surface area contributed by atoms with Crippen LogP contribution < -0.4 is 5.32 Å². The lowest BCUT2D eigenvalue weighted by Crippen LogP contribution is -2.14. The van der Waals surface area contributed by atoms with Crippen LogP contribution in [0.5, 0.6) is 0 Å². The van der Waals surface area contributed by atoms with Gasteiger partial charge in [-0.15, -0.1) is 21.5 Å². The average molecular weight is 429 g/mol. The van der Waals surface area contributed by atoms with Crippen molar-refractivity contribution in [2.45, 2.75) is 6.42 Å². The molecule has 152 valence electrons. The van der Waals surface area contributed by atoms with Gasteiger partial charge in [0.15, 0.2) is 11.5 Å². The lowest BCUT2D eigenvalue weighted by Gasteiger charge is -2.07. The summed E-state index contributed by atoms with van der Waals surface area (Å²) in [5.41, 5.74) is 3.79. The molecule has 1 N–H and O–H groups in total. The lowest BCUT2D eigenvalue weighted by molar-refractivity contribution is -0.115. The molecule has 5 rings (SSSR count). The predicted molar refractivity (Wildman–Crippen MR) is 118 cm³/mol. The number of benzene rings is 2. The van der Waals surface area contributed by atoms with Crippen LogP contribution in [0.2, 0.25) is 0 Å². The van der Waals surface area contributed by atoms with E-state index < -0.39 is 0 Å². The molecule has 0 spiro atoms. The number of rotatable bonds is 5. The summed E-state index contributed by atoms with van der Waals surface area (Å²) in [7, 11) is 0. The third-order valence-electron chi connectivity index (χ3n) is 4.75. The maximum Gasteiger partial charge on any atom is 0.228 e. The van der Waals surface area contributed by atoms with Crippen LogP contribution >= 0.6 is 11.3 Å². The minimum absolute atomic E-state index is 0.163. The molecule has 0 aliphatic carbocycles. The number of fused-ring (bicyclic) bond motifs is 1. The van der Waals surface area contributed by atoms with Crippen molar-refractivity contribution in [3.8, 4) is 22.0 Å². The van der Waals surface area contributed by atoms with Crippen LogP contribution in [-0.2, 0) is 11.2 Å². The molecule has 0 atom stereocenters. The number of hydrogen-bond acceptors (Lipinski definition) is 5. The van der Waals surface area contributed by atoms with E-state index in [-0.39, 0.29) is 18.1 Å². The Morgan fingerprint density at radius 1 is 0.968 bits per heavy atom. The van der Waals surface area contributed by atoms with E-state index in [1.54, 1.807) is 28.0 Å². The van der Waals surface area contributed by atoms with Crippen LogP contribution in [0.4, 0.5) is 10.1 Å². The SMILES string of the molecule is O=C(Cc1ccc(F)cc1)Nc1ccc(-c2ccc3nnc(-c4cccs4)n3n2)cc1. The van der Waals surface area contributed by atoms with Gasteiger partial charge in [-0.3, -0.25) is 4.79 Å². The van der Waals surface area contributed by atoms with Gasteiger partial charge in [-0.25, -0.2) is 4.39 Å². The van der Waals surface area contributed by atoms with Crippen LogP contribution in [0.3, 0.4) is 0 Å². The molecule has 0 radical (unpaired) electrons. The van der Waals surface area contributed by atoms with Crippen molar-refractivity contribution in [3.63, 3.8) is 0 Å². The summed E-state index contributed by atoms with van der Waals surface area (Å²) in [4.78, 5) is 13.3. The number of amides is 1. The van der Waals surface area contributed by atoms with Gasteiger partial charge in [0.05, 0.1) is 17.0 Å². The molecule has 3 aromatic heterocycles. The van der Waals surface area contributed by atoms with Gasteiger partial charge in [-0.1, -0.05) is 30.3 Å². The topological polar surface area (TPSA) is 72.2 Å². The van der Waals surface area contributed by atoms with Crippen molar-refractivity contribution in [2.24, 2.45) is 0 Å². The van der Waals surface area contributed by atoms with Gasteiger partial charge in [0.1, 0.15) is 5.82 Å². The molecule has 0 saturated carbocycles. The molecule has 0 aliphatic heterocycles. The molecular formula is C23H16FN5OS. The predicted octanol–water partition coefficient (Wildman–Crippen LogP) is 4.84. The maximum absolute atomic E-state index is 13.0. The maximum atomic E-state index is 13.0. The Labute approximate surface area is 181 Å². The number of carbonyl (C=O) groups is 1. The van der Waals surface area contributed by atoms with E-state index in [1.807, 2.05) is 53.9 Å². The van der Waals surface area contributed by atoms with Gasteiger partial charge in [-0.2, -0.15) is 9.61 Å². The lowest BCUT2D eigenvalue weighted by atomic mass is 10.1. The first-order chi connectivity index (χ1) is 15.2. The second-order valence-electron chi connectivity index (χ2n) is 6.92. The summed E-state index contributed by atoms with van der Waals surface area (Å²) in [6.07, 6.45) is 0.180. The van der Waals surface area contributed by atoms with Crippen molar-refractivity contribution in [3.05, 3.63) is 89.6 Å². The van der Waals surface area contributed by atoms with Gasteiger partial charge in [0, 0.05) is 11.3 Å². The zero-order valence-corrected chi connectivity index (χ0v) is 17.0. The second-order valence-corrected chi connectivity index (χ2v) is 7.87. The molecule has 3 heterocycles. The molecule has 0 fully saturated rings. The molecule has 0 bridgehead atoms. The molecule has 8 heteroatoms. The minimum Gasteiger partial charge on any atom is -0.326 e. The zero-order chi connectivity index (χ0) is 21.2. The van der Waals surface area contributed by atoms with Crippen LogP contribution in [0.15, 0.2) is 78.2 Å². The van der Waals surface area contributed by atoms with E-state index in [0.29, 0.717) is 17.2 Å². The fourth-order valence-electron chi connectivity index (χ4n) is 3.22. The molecule has 0 unspecified atom stereocenters. The highest BCUT2D eigenvalue weighted by Gasteiger charge is 2.12. The van der Waals surface area contributed by atoms with Gasteiger partial charge >= 0.3 is 0 Å². The first-order valence-corrected chi connectivity index (χ1v) is 10.4. The highest BCUT2D eigenvalue weighted by molar-refractivity contribution is 7.13. The summed E-state index contributed by atoms with van der Waals surface area (Å²) < 4.78 is 14.7. The molecule has 31 heavy (non-hydrogen) atoms. The van der Waals surface area contributed by atoms with E-state index in [4.69, 9.17) is 5.10 Å². The molecular weight excluding hydrogens is 413 g/mol. The molecule has 2 aromatic carbocycles. The second kappa shape index (κ2) is 8.08. The summed E-state index contributed by atoms with van der Waals surface area (Å²) in [5.74, 6) is 0.223. The van der Waals surface area contributed by atoms with Crippen LogP contribution in [-0.4, -0.2) is 25.7 Å². The Hall–Kier alpha value is -3.91. The van der Waals surface area contributed by atoms with Crippen LogP contribution in [0, 0.1) is 5.82 Å². The fraction of sp³-hybridized carbons (Fsp3) is 0.0435. The van der Waals surface area contributed by atoms with Crippen molar-refractivity contribution < 1.29 is 9.18 Å². The third kappa shape index (κ3) is 4.06. The van der Waals surface area contributed by atoms with E-state index in [0.717, 1.165) is 21.7 Å². The average Bonchev–Trinajstić information content (AvgIpc) is 3.45. The van der Waals surface area contributed by atoms with Crippen molar-refractivity contribution in [2.75, 3.05) is 5.32 Å². The number of thiophene rings is 1. The van der Waals surface area contributed by atoms with E-state index in [1.165, 1.54) is 12.1 Å². The molecule has 5 aromatic rings. The number of aromatic nitrogens is 4. The van der Waals surface area contributed by atoms with Crippen molar-refractivity contribution >= 4 is 28.6 Å². The van der Waals surface area contributed by atoms with Gasteiger partial charge in [0.2, 0.25) is 5.91 Å². The Kier molecular flexibility index (Phi) is 4.97. The highest BCUT2D eigenvalue weighted by Crippen LogP contribution is 2.25. The van der Waals surface area contributed by atoms with Gasteiger partial charge < -0.3 is 5.32 Å². The number of nitrogens with zero attached hydrogens (tertiary/aromatic N) is 4. The van der Waals surface area contributed by atoms with Gasteiger partial charge in [0.25, 0.3) is 0 Å². The largest absolute Gasteiger partial charge is 0.326 e. The molecule has 0 aliphatic rings. The zero-order valence-electron chi connectivity index (χ0n) is 16.2. The first kappa shape index (κ1) is 19.1. The number of carbonyl (C=O) groups excluding carboxylic acids is 1. The Morgan fingerprint density at radius 2 is 1.77 bits per heavy atom. The third-order valence-corrected chi connectivity index (χ3v) is 5.61. The fourth-order valence-corrected chi connectivity index (χ4v) is 3.91. The Morgan fingerprint density at radius 3 is 2.52 bits per heavy atom. The van der Waals surface area contributed by atoms with E-state index in [2.05, 4.69) is 15.5 Å². The van der Waals surface area contributed by atoms with Gasteiger partial charge in [-0.05, 0) is 53.4 Å². The highest BCUT2D eigenvalue weighted by atomic mass is 32.1. The Bertz CT molecular complexity index is 1350. The van der Waals surface area contributed by atoms with Crippen molar-refractivity contribution in [1.82, 2.24) is 19.8 Å². The monoisotopic (exact) mass is 429 g/mol. The molecule has 6 nitrogen and oxygen atoms in total. The number of hydrogen-bond donors (Lipinski definition) is 1. The summed E-state index contributed by atoms with van der Waals surface area (Å²) in [6.45, 7) is 0. The van der Waals surface area contributed by atoms with E-state index in [9.17, 15) is 9.18 Å². The normalized spacial score (nSPS) is 11.0. The van der Waals surface area contributed by atoms with Crippen molar-refractivity contribution in [1.29, 1.82) is 0 Å². The number of anilines is 1. The Balaban J connectivity index is 1.33. The smallest absolute Gasteiger partial charge is 0.228 e. The van der Waals surface area contributed by atoms with Crippen LogP contribution in [0.25, 0.3) is 27.6 Å². The molecule has 0 saturated heterocycles. The number of nitrogens with one attached hydrogen (secondary N) is 1. The first-order valence-electron chi connectivity index (χ1n) is 9.57.